The Morgan fingerprint density at radius 2 is 2.15 bits per heavy atom. The average molecular weight is 277 g/mol. The molecule has 1 aromatic rings. The van der Waals surface area contributed by atoms with Crippen molar-refractivity contribution in [3.8, 4) is 0 Å². The second-order valence-corrected chi connectivity index (χ2v) is 6.00. The number of pyridine rings is 1. The second-order valence-electron chi connectivity index (χ2n) is 6.00. The highest BCUT2D eigenvalue weighted by Gasteiger charge is 2.28. The van der Waals surface area contributed by atoms with E-state index >= 15 is 0 Å². The van der Waals surface area contributed by atoms with Crippen LogP contribution in [0.4, 0.5) is 0 Å². The lowest BCUT2D eigenvalue weighted by Gasteiger charge is -2.43. The first-order chi connectivity index (χ1) is 9.60. The van der Waals surface area contributed by atoms with Crippen molar-refractivity contribution < 1.29 is 5.11 Å². The number of piperazine rings is 1. The van der Waals surface area contributed by atoms with Gasteiger partial charge in [-0.05, 0) is 39.3 Å². The van der Waals surface area contributed by atoms with Crippen molar-refractivity contribution in [2.45, 2.75) is 45.8 Å². The molecule has 0 saturated carbocycles. The summed E-state index contributed by atoms with van der Waals surface area (Å²) in [7, 11) is 0. The van der Waals surface area contributed by atoms with Gasteiger partial charge in [-0.15, -0.1) is 0 Å². The summed E-state index contributed by atoms with van der Waals surface area (Å²) in [5, 5.41) is 9.27. The highest BCUT2D eigenvalue weighted by Crippen LogP contribution is 2.17. The average Bonchev–Trinajstić information content (AvgIpc) is 2.39. The highest BCUT2D eigenvalue weighted by atomic mass is 16.3. The molecule has 0 aromatic carbocycles. The van der Waals surface area contributed by atoms with Crippen LogP contribution in [0.1, 0.15) is 31.7 Å². The topological polar surface area (TPSA) is 39.6 Å². The Labute approximate surface area is 122 Å². The standard InChI is InChI=1S/C16H27N3O/c1-13(2)19-9-8-18(12-16(19)7-10-20)11-15-6-4-5-14(3)17-15/h4-6,13,16,20H,7-12H2,1-3H3. The summed E-state index contributed by atoms with van der Waals surface area (Å²) in [6.07, 6.45) is 0.857. The van der Waals surface area contributed by atoms with Crippen LogP contribution in [0.25, 0.3) is 0 Å². The van der Waals surface area contributed by atoms with Gasteiger partial charge in [-0.2, -0.15) is 0 Å². The summed E-state index contributed by atoms with van der Waals surface area (Å²) < 4.78 is 0. The summed E-state index contributed by atoms with van der Waals surface area (Å²) in [5.74, 6) is 0. The molecule has 1 aliphatic rings. The van der Waals surface area contributed by atoms with Crippen LogP contribution in [0, 0.1) is 6.92 Å². The van der Waals surface area contributed by atoms with Crippen LogP contribution in [0.2, 0.25) is 0 Å². The van der Waals surface area contributed by atoms with Gasteiger partial charge in [-0.25, -0.2) is 0 Å². The lowest BCUT2D eigenvalue weighted by Crippen LogP contribution is -2.55. The third-order valence-corrected chi connectivity index (χ3v) is 4.07. The fourth-order valence-electron chi connectivity index (χ4n) is 3.08. The van der Waals surface area contributed by atoms with Crippen molar-refractivity contribution >= 4 is 0 Å². The Morgan fingerprint density at radius 3 is 2.80 bits per heavy atom. The van der Waals surface area contributed by atoms with Gasteiger partial charge < -0.3 is 5.11 Å². The van der Waals surface area contributed by atoms with E-state index in [1.165, 1.54) is 0 Å². The van der Waals surface area contributed by atoms with Crippen molar-refractivity contribution in [3.63, 3.8) is 0 Å². The van der Waals surface area contributed by atoms with E-state index in [-0.39, 0.29) is 6.61 Å². The quantitative estimate of drug-likeness (QED) is 0.888. The molecule has 1 aliphatic heterocycles. The fourth-order valence-corrected chi connectivity index (χ4v) is 3.08. The van der Waals surface area contributed by atoms with Gasteiger partial charge in [-0.1, -0.05) is 6.07 Å². The predicted molar refractivity (Wildman–Crippen MR) is 81.6 cm³/mol. The monoisotopic (exact) mass is 277 g/mol. The molecule has 20 heavy (non-hydrogen) atoms. The molecule has 4 heteroatoms. The summed E-state index contributed by atoms with van der Waals surface area (Å²) in [5.41, 5.74) is 2.22. The van der Waals surface area contributed by atoms with E-state index in [4.69, 9.17) is 0 Å². The molecular formula is C16H27N3O. The van der Waals surface area contributed by atoms with E-state index in [9.17, 15) is 5.11 Å². The van der Waals surface area contributed by atoms with Gasteiger partial charge in [0.15, 0.2) is 0 Å². The maximum atomic E-state index is 9.27. The van der Waals surface area contributed by atoms with Gasteiger partial charge in [0.25, 0.3) is 0 Å². The van der Waals surface area contributed by atoms with Crippen LogP contribution in [0.3, 0.4) is 0 Å². The van der Waals surface area contributed by atoms with Gasteiger partial charge in [0, 0.05) is 50.6 Å². The number of hydrogen-bond donors (Lipinski definition) is 1. The molecule has 1 unspecified atom stereocenters. The van der Waals surface area contributed by atoms with Gasteiger partial charge in [-0.3, -0.25) is 14.8 Å². The Kier molecular flexibility index (Phi) is 5.52. The molecular weight excluding hydrogens is 250 g/mol. The van der Waals surface area contributed by atoms with Crippen molar-refractivity contribution in [1.82, 2.24) is 14.8 Å². The molecule has 1 aromatic heterocycles. The minimum Gasteiger partial charge on any atom is -0.396 e. The summed E-state index contributed by atoms with van der Waals surface area (Å²) >= 11 is 0. The first-order valence-electron chi connectivity index (χ1n) is 7.61. The Bertz CT molecular complexity index is 422. The highest BCUT2D eigenvalue weighted by molar-refractivity contribution is 5.10. The SMILES string of the molecule is Cc1cccc(CN2CCN(C(C)C)C(CCO)C2)n1. The Morgan fingerprint density at radius 1 is 1.35 bits per heavy atom. The van der Waals surface area contributed by atoms with Crippen molar-refractivity contribution in [2.24, 2.45) is 0 Å². The molecule has 0 spiro atoms. The number of aryl methyl sites for hydroxylation is 1. The van der Waals surface area contributed by atoms with E-state index in [1.807, 2.05) is 13.0 Å². The molecule has 2 rings (SSSR count). The molecule has 1 fully saturated rings. The van der Waals surface area contributed by atoms with Crippen LogP contribution in [-0.4, -0.2) is 58.2 Å². The lowest BCUT2D eigenvalue weighted by atomic mass is 10.1. The zero-order valence-corrected chi connectivity index (χ0v) is 12.9. The van der Waals surface area contributed by atoms with E-state index in [2.05, 4.69) is 40.8 Å². The molecule has 1 saturated heterocycles. The number of aliphatic hydroxyl groups excluding tert-OH is 1. The number of hydrogen-bond acceptors (Lipinski definition) is 4. The molecule has 1 atom stereocenters. The molecule has 0 aliphatic carbocycles. The predicted octanol–water partition coefficient (Wildman–Crippen LogP) is 1.67. The fraction of sp³-hybridized carbons (Fsp3) is 0.688. The number of rotatable bonds is 5. The van der Waals surface area contributed by atoms with Crippen LogP contribution in [-0.2, 0) is 6.54 Å². The summed E-state index contributed by atoms with van der Waals surface area (Å²) in [6, 6.07) is 7.22. The van der Waals surface area contributed by atoms with Crippen molar-refractivity contribution in [1.29, 1.82) is 0 Å². The molecule has 112 valence electrons. The van der Waals surface area contributed by atoms with Crippen LogP contribution in [0.15, 0.2) is 18.2 Å². The lowest BCUT2D eigenvalue weighted by molar-refractivity contribution is 0.0344. The Hall–Kier alpha value is -0.970. The van der Waals surface area contributed by atoms with Gasteiger partial charge in [0.05, 0.1) is 5.69 Å². The molecule has 0 bridgehead atoms. The number of nitrogens with zero attached hydrogens (tertiary/aromatic N) is 3. The number of aromatic nitrogens is 1. The number of aliphatic hydroxyl groups is 1. The normalized spacial score (nSPS) is 21.6. The largest absolute Gasteiger partial charge is 0.396 e. The molecule has 1 N–H and O–H groups in total. The Balaban J connectivity index is 1.97. The van der Waals surface area contributed by atoms with E-state index in [0.717, 1.165) is 44.0 Å². The zero-order chi connectivity index (χ0) is 14.5. The van der Waals surface area contributed by atoms with Crippen molar-refractivity contribution in [2.75, 3.05) is 26.2 Å². The molecule has 4 nitrogen and oxygen atoms in total. The van der Waals surface area contributed by atoms with Gasteiger partial charge in [0.1, 0.15) is 0 Å². The third-order valence-electron chi connectivity index (χ3n) is 4.07. The van der Waals surface area contributed by atoms with E-state index in [1.54, 1.807) is 0 Å². The van der Waals surface area contributed by atoms with Crippen LogP contribution >= 0.6 is 0 Å². The van der Waals surface area contributed by atoms with E-state index in [0.29, 0.717) is 12.1 Å². The van der Waals surface area contributed by atoms with Gasteiger partial charge in [0.2, 0.25) is 0 Å². The van der Waals surface area contributed by atoms with E-state index < -0.39 is 0 Å². The first-order valence-corrected chi connectivity index (χ1v) is 7.61. The maximum absolute atomic E-state index is 9.27. The van der Waals surface area contributed by atoms with Crippen molar-refractivity contribution in [3.05, 3.63) is 29.6 Å². The second kappa shape index (κ2) is 7.16. The first kappa shape index (κ1) is 15.4. The minimum absolute atomic E-state index is 0.268. The smallest absolute Gasteiger partial charge is 0.0547 e. The maximum Gasteiger partial charge on any atom is 0.0547 e. The third kappa shape index (κ3) is 4.01. The molecule has 2 heterocycles. The van der Waals surface area contributed by atoms with Gasteiger partial charge >= 0.3 is 0 Å². The van der Waals surface area contributed by atoms with Crippen LogP contribution < -0.4 is 0 Å². The van der Waals surface area contributed by atoms with Crippen LogP contribution in [0.5, 0.6) is 0 Å². The minimum atomic E-state index is 0.268. The summed E-state index contributed by atoms with van der Waals surface area (Å²) in [4.78, 5) is 9.56. The zero-order valence-electron chi connectivity index (χ0n) is 12.9. The molecule has 0 amide bonds. The molecule has 0 radical (unpaired) electrons. The summed E-state index contributed by atoms with van der Waals surface area (Å²) in [6.45, 7) is 10.9.